The number of amides is 1. The molecule has 0 aliphatic carbocycles. The zero-order valence-electron chi connectivity index (χ0n) is 18.3. The lowest BCUT2D eigenvalue weighted by molar-refractivity contribution is -0.384. The van der Waals surface area contributed by atoms with Crippen LogP contribution in [0.1, 0.15) is 11.1 Å². The van der Waals surface area contributed by atoms with Gasteiger partial charge in [0.15, 0.2) is 0 Å². The van der Waals surface area contributed by atoms with Gasteiger partial charge in [-0.05, 0) is 49.2 Å². The SMILES string of the molecule is COc1ccc(C)cc1N(CC(=O)Nc1cc([N+](=O)[O-])ccc1C)S(=O)(=O)c1ccccc1. The summed E-state index contributed by atoms with van der Waals surface area (Å²) in [5.74, 6) is -0.388. The number of rotatable bonds is 8. The van der Waals surface area contributed by atoms with Crippen molar-refractivity contribution in [1.82, 2.24) is 0 Å². The van der Waals surface area contributed by atoms with E-state index in [4.69, 9.17) is 4.74 Å². The predicted molar refractivity (Wildman–Crippen MR) is 125 cm³/mol. The van der Waals surface area contributed by atoms with Crippen LogP contribution in [0.5, 0.6) is 5.75 Å². The number of sulfonamides is 1. The largest absolute Gasteiger partial charge is 0.495 e. The Kier molecular flexibility index (Phi) is 6.98. The summed E-state index contributed by atoms with van der Waals surface area (Å²) >= 11 is 0. The fraction of sp³-hybridized carbons (Fsp3) is 0.174. The number of methoxy groups -OCH3 is 1. The smallest absolute Gasteiger partial charge is 0.271 e. The van der Waals surface area contributed by atoms with Gasteiger partial charge in [-0.3, -0.25) is 19.2 Å². The van der Waals surface area contributed by atoms with E-state index in [1.54, 1.807) is 50.2 Å². The average Bonchev–Trinajstić information content (AvgIpc) is 2.79. The van der Waals surface area contributed by atoms with Gasteiger partial charge in [-0.25, -0.2) is 8.42 Å². The van der Waals surface area contributed by atoms with Crippen molar-refractivity contribution in [3.05, 3.63) is 88.0 Å². The first kappa shape index (κ1) is 23.7. The molecule has 0 fully saturated rings. The van der Waals surface area contributed by atoms with Crippen molar-refractivity contribution in [2.45, 2.75) is 18.7 Å². The van der Waals surface area contributed by atoms with E-state index in [2.05, 4.69) is 5.32 Å². The molecular formula is C23H23N3O6S. The minimum absolute atomic E-state index is 0.00730. The second kappa shape index (κ2) is 9.70. The van der Waals surface area contributed by atoms with Crippen LogP contribution in [-0.2, 0) is 14.8 Å². The quantitative estimate of drug-likeness (QED) is 0.393. The molecule has 0 heterocycles. The van der Waals surface area contributed by atoms with Gasteiger partial charge < -0.3 is 10.1 Å². The minimum Gasteiger partial charge on any atom is -0.495 e. The molecule has 33 heavy (non-hydrogen) atoms. The Morgan fingerprint density at radius 1 is 1.06 bits per heavy atom. The Morgan fingerprint density at radius 2 is 1.76 bits per heavy atom. The number of nitrogens with one attached hydrogen (secondary N) is 1. The third-order valence-corrected chi connectivity index (χ3v) is 6.70. The molecule has 172 valence electrons. The Balaban J connectivity index is 2.03. The summed E-state index contributed by atoms with van der Waals surface area (Å²) in [5.41, 5.74) is 1.60. The molecule has 10 heteroatoms. The lowest BCUT2D eigenvalue weighted by Crippen LogP contribution is -2.38. The van der Waals surface area contributed by atoms with E-state index >= 15 is 0 Å². The first-order chi connectivity index (χ1) is 15.6. The number of carbonyl (C=O) groups excluding carboxylic acids is 1. The molecule has 0 unspecified atom stereocenters. The number of hydrogen-bond acceptors (Lipinski definition) is 6. The molecule has 9 nitrogen and oxygen atoms in total. The van der Waals surface area contributed by atoms with E-state index in [9.17, 15) is 23.3 Å². The number of hydrogen-bond donors (Lipinski definition) is 1. The van der Waals surface area contributed by atoms with Crippen molar-refractivity contribution < 1.29 is 22.9 Å². The standard InChI is InChI=1S/C23H23N3O6S/c1-16-9-12-22(32-3)21(13-16)25(33(30,31)19-7-5-4-6-8-19)15-23(27)24-20-14-18(26(28)29)11-10-17(20)2/h4-14H,15H2,1-3H3,(H,24,27). The summed E-state index contributed by atoms with van der Waals surface area (Å²) in [6, 6.07) is 16.8. The molecule has 0 saturated heterocycles. The van der Waals surface area contributed by atoms with Crippen molar-refractivity contribution in [1.29, 1.82) is 0 Å². The van der Waals surface area contributed by atoms with Gasteiger partial charge in [-0.1, -0.05) is 30.3 Å². The summed E-state index contributed by atoms with van der Waals surface area (Å²) in [6.07, 6.45) is 0. The molecule has 0 bridgehead atoms. The second-order valence-electron chi connectivity index (χ2n) is 7.30. The number of carbonyl (C=O) groups is 1. The molecule has 0 aromatic heterocycles. The van der Waals surface area contributed by atoms with Crippen LogP contribution in [0.2, 0.25) is 0 Å². The highest BCUT2D eigenvalue weighted by molar-refractivity contribution is 7.92. The summed E-state index contributed by atoms with van der Waals surface area (Å²) in [4.78, 5) is 23.5. The molecule has 3 aromatic rings. The van der Waals surface area contributed by atoms with Gasteiger partial charge in [-0.2, -0.15) is 0 Å². The van der Waals surface area contributed by atoms with E-state index in [-0.39, 0.29) is 27.7 Å². The molecular weight excluding hydrogens is 446 g/mol. The maximum absolute atomic E-state index is 13.5. The Bertz CT molecular complexity index is 1290. The Labute approximate surface area is 191 Å². The number of anilines is 2. The molecule has 0 aliphatic rings. The molecule has 0 aliphatic heterocycles. The summed E-state index contributed by atoms with van der Waals surface area (Å²) in [6.45, 7) is 2.91. The zero-order valence-corrected chi connectivity index (χ0v) is 19.1. The van der Waals surface area contributed by atoms with Crippen LogP contribution in [-0.4, -0.2) is 32.9 Å². The topological polar surface area (TPSA) is 119 Å². The van der Waals surface area contributed by atoms with Crippen molar-refractivity contribution in [3.8, 4) is 5.75 Å². The number of benzene rings is 3. The minimum atomic E-state index is -4.14. The number of nitrogens with zero attached hydrogens (tertiary/aromatic N) is 2. The Morgan fingerprint density at radius 3 is 2.39 bits per heavy atom. The van der Waals surface area contributed by atoms with E-state index in [0.29, 0.717) is 5.56 Å². The third-order valence-electron chi connectivity index (χ3n) is 4.93. The number of ether oxygens (including phenoxy) is 1. The van der Waals surface area contributed by atoms with E-state index in [1.165, 1.54) is 37.4 Å². The van der Waals surface area contributed by atoms with Gasteiger partial charge in [-0.15, -0.1) is 0 Å². The van der Waals surface area contributed by atoms with Gasteiger partial charge in [0.05, 0.1) is 28.3 Å². The van der Waals surface area contributed by atoms with Gasteiger partial charge in [0.2, 0.25) is 5.91 Å². The molecule has 1 amide bonds. The van der Waals surface area contributed by atoms with Gasteiger partial charge in [0.1, 0.15) is 12.3 Å². The van der Waals surface area contributed by atoms with Crippen LogP contribution in [0.3, 0.4) is 0 Å². The fourth-order valence-corrected chi connectivity index (χ4v) is 4.64. The van der Waals surface area contributed by atoms with Crippen LogP contribution >= 0.6 is 0 Å². The number of nitro benzene ring substituents is 1. The van der Waals surface area contributed by atoms with Crippen LogP contribution < -0.4 is 14.4 Å². The molecule has 0 saturated carbocycles. The molecule has 3 aromatic carbocycles. The highest BCUT2D eigenvalue weighted by atomic mass is 32.2. The fourth-order valence-electron chi connectivity index (χ4n) is 3.19. The monoisotopic (exact) mass is 469 g/mol. The van der Waals surface area contributed by atoms with Gasteiger partial charge >= 0.3 is 0 Å². The van der Waals surface area contributed by atoms with Gasteiger partial charge in [0, 0.05) is 12.1 Å². The number of nitro groups is 1. The summed E-state index contributed by atoms with van der Waals surface area (Å²) in [5, 5.41) is 13.7. The van der Waals surface area contributed by atoms with Crippen molar-refractivity contribution in [2.24, 2.45) is 0 Å². The van der Waals surface area contributed by atoms with Crippen molar-refractivity contribution in [3.63, 3.8) is 0 Å². The lowest BCUT2D eigenvalue weighted by atomic mass is 10.2. The van der Waals surface area contributed by atoms with Crippen molar-refractivity contribution in [2.75, 3.05) is 23.3 Å². The highest BCUT2D eigenvalue weighted by Crippen LogP contribution is 2.33. The zero-order chi connectivity index (χ0) is 24.2. The maximum atomic E-state index is 13.5. The van der Waals surface area contributed by atoms with Crippen LogP contribution in [0.25, 0.3) is 0 Å². The molecule has 0 spiro atoms. The molecule has 0 radical (unpaired) electrons. The average molecular weight is 470 g/mol. The first-order valence-electron chi connectivity index (χ1n) is 9.91. The van der Waals surface area contributed by atoms with Crippen molar-refractivity contribution >= 4 is 33.0 Å². The van der Waals surface area contributed by atoms with Crippen LogP contribution in [0, 0.1) is 24.0 Å². The van der Waals surface area contributed by atoms with Crippen LogP contribution in [0.15, 0.2) is 71.6 Å². The summed E-state index contributed by atoms with van der Waals surface area (Å²) < 4.78 is 33.4. The second-order valence-corrected chi connectivity index (χ2v) is 9.17. The van der Waals surface area contributed by atoms with Crippen LogP contribution in [0.4, 0.5) is 17.1 Å². The number of aryl methyl sites for hydroxylation is 2. The highest BCUT2D eigenvalue weighted by Gasteiger charge is 2.29. The maximum Gasteiger partial charge on any atom is 0.271 e. The number of non-ortho nitro benzene ring substituents is 1. The van der Waals surface area contributed by atoms with E-state index in [0.717, 1.165) is 9.87 Å². The molecule has 1 N–H and O–H groups in total. The lowest BCUT2D eigenvalue weighted by Gasteiger charge is -2.26. The molecule has 3 rings (SSSR count). The third kappa shape index (κ3) is 5.29. The summed E-state index contributed by atoms with van der Waals surface area (Å²) in [7, 11) is -2.73. The van der Waals surface area contributed by atoms with E-state index < -0.39 is 27.4 Å². The van der Waals surface area contributed by atoms with E-state index in [1.807, 2.05) is 0 Å². The Hall–Kier alpha value is -3.92. The predicted octanol–water partition coefficient (Wildman–Crippen LogP) is 4.05. The first-order valence-corrected chi connectivity index (χ1v) is 11.3. The molecule has 0 atom stereocenters. The normalized spacial score (nSPS) is 11.0. The van der Waals surface area contributed by atoms with Gasteiger partial charge in [0.25, 0.3) is 15.7 Å².